The van der Waals surface area contributed by atoms with Crippen LogP contribution in [0.15, 0.2) is 4.79 Å². The largest absolute Gasteiger partial charge is 0.376 e. The second-order valence-corrected chi connectivity index (χ2v) is 5.05. The molecule has 0 aromatic carbocycles. The van der Waals surface area contributed by atoms with Gasteiger partial charge in [-0.1, -0.05) is 0 Å². The van der Waals surface area contributed by atoms with Crippen LogP contribution in [0.3, 0.4) is 0 Å². The Kier molecular flexibility index (Phi) is 2.95. The Balaban J connectivity index is 2.07. The zero-order chi connectivity index (χ0) is 12.6. The first kappa shape index (κ1) is 11.9. The molecule has 0 radical (unpaired) electrons. The van der Waals surface area contributed by atoms with Crippen LogP contribution in [0.1, 0.15) is 42.8 Å². The first-order chi connectivity index (χ1) is 8.75. The van der Waals surface area contributed by atoms with E-state index in [0.29, 0.717) is 31.0 Å². The summed E-state index contributed by atoms with van der Waals surface area (Å²) in [5.74, 6) is 0.702. The van der Waals surface area contributed by atoms with E-state index < -0.39 is 0 Å². The molecule has 2 aliphatic rings. The highest BCUT2D eigenvalue weighted by Crippen LogP contribution is 2.39. The maximum absolute atomic E-state index is 12.1. The van der Waals surface area contributed by atoms with Crippen LogP contribution in [0.2, 0.25) is 0 Å². The summed E-state index contributed by atoms with van der Waals surface area (Å²) in [6, 6.07) is 0. The molecular weight excluding hydrogens is 232 g/mol. The number of fused-ring (bicyclic) bond motifs is 1. The molecule has 1 N–H and O–H groups in total. The molecular formula is C13H18N2O3. The number of aromatic nitrogens is 2. The van der Waals surface area contributed by atoms with Crippen molar-refractivity contribution in [1.82, 2.24) is 9.97 Å². The lowest BCUT2D eigenvalue weighted by molar-refractivity contribution is -0.0171. The van der Waals surface area contributed by atoms with E-state index in [1.165, 1.54) is 0 Å². The molecule has 1 aromatic rings. The van der Waals surface area contributed by atoms with Crippen molar-refractivity contribution in [1.29, 1.82) is 0 Å². The van der Waals surface area contributed by atoms with Gasteiger partial charge in [0, 0.05) is 13.5 Å². The number of hydrogen-bond acceptors (Lipinski definition) is 4. The van der Waals surface area contributed by atoms with Crippen LogP contribution in [-0.2, 0) is 28.1 Å². The van der Waals surface area contributed by atoms with E-state index in [0.717, 1.165) is 31.4 Å². The molecule has 0 atom stereocenters. The number of ether oxygens (including phenoxy) is 2. The smallest absolute Gasteiger partial charge is 0.256 e. The van der Waals surface area contributed by atoms with Crippen LogP contribution in [0.5, 0.6) is 0 Å². The van der Waals surface area contributed by atoms with Crippen molar-refractivity contribution in [2.75, 3.05) is 13.7 Å². The number of nitrogens with zero attached hydrogens (tertiary/aromatic N) is 1. The zero-order valence-electron chi connectivity index (χ0n) is 10.6. The SMILES string of the molecule is COC1(c2nc3c(c(=O)[nH]2)COCC3)CCCC1. The van der Waals surface area contributed by atoms with Crippen LogP contribution < -0.4 is 5.56 Å². The van der Waals surface area contributed by atoms with Gasteiger partial charge in [0.05, 0.1) is 24.5 Å². The molecule has 18 heavy (non-hydrogen) atoms. The molecule has 5 heteroatoms. The minimum absolute atomic E-state index is 0.0713. The van der Waals surface area contributed by atoms with E-state index in [1.54, 1.807) is 7.11 Å². The lowest BCUT2D eigenvalue weighted by atomic mass is 10.00. The summed E-state index contributed by atoms with van der Waals surface area (Å²) in [6.07, 6.45) is 4.82. The van der Waals surface area contributed by atoms with Crippen LogP contribution in [0.25, 0.3) is 0 Å². The van der Waals surface area contributed by atoms with Gasteiger partial charge in [-0.25, -0.2) is 4.98 Å². The average Bonchev–Trinajstić information content (AvgIpc) is 2.89. The van der Waals surface area contributed by atoms with Gasteiger partial charge in [0.2, 0.25) is 0 Å². The fourth-order valence-corrected chi connectivity index (χ4v) is 2.94. The Morgan fingerprint density at radius 1 is 1.39 bits per heavy atom. The van der Waals surface area contributed by atoms with Crippen molar-refractivity contribution in [3.8, 4) is 0 Å². The molecule has 1 aliphatic heterocycles. The van der Waals surface area contributed by atoms with Crippen LogP contribution >= 0.6 is 0 Å². The number of rotatable bonds is 2. The molecule has 0 saturated heterocycles. The second kappa shape index (κ2) is 4.48. The normalized spacial score (nSPS) is 21.8. The zero-order valence-corrected chi connectivity index (χ0v) is 10.6. The van der Waals surface area contributed by atoms with Gasteiger partial charge in [0.15, 0.2) is 0 Å². The van der Waals surface area contributed by atoms with Crippen molar-refractivity contribution in [2.24, 2.45) is 0 Å². The Bertz CT molecular complexity index is 503. The topological polar surface area (TPSA) is 64.2 Å². The molecule has 5 nitrogen and oxygen atoms in total. The molecule has 3 rings (SSSR count). The number of nitrogens with one attached hydrogen (secondary N) is 1. The Morgan fingerprint density at radius 3 is 2.89 bits per heavy atom. The van der Waals surface area contributed by atoms with Gasteiger partial charge in [0.1, 0.15) is 11.4 Å². The van der Waals surface area contributed by atoms with Crippen LogP contribution in [0.4, 0.5) is 0 Å². The molecule has 1 aliphatic carbocycles. The minimum atomic E-state index is -0.382. The van der Waals surface area contributed by atoms with Crippen molar-refractivity contribution < 1.29 is 9.47 Å². The van der Waals surface area contributed by atoms with Crippen LogP contribution in [-0.4, -0.2) is 23.7 Å². The quantitative estimate of drug-likeness (QED) is 0.858. The summed E-state index contributed by atoms with van der Waals surface area (Å²) >= 11 is 0. The van der Waals surface area contributed by atoms with E-state index in [4.69, 9.17) is 9.47 Å². The predicted octanol–water partition coefficient (Wildman–Crippen LogP) is 1.26. The summed E-state index contributed by atoms with van der Waals surface area (Å²) in [6.45, 7) is 1.01. The number of methoxy groups -OCH3 is 1. The second-order valence-electron chi connectivity index (χ2n) is 5.05. The van der Waals surface area contributed by atoms with Crippen molar-refractivity contribution >= 4 is 0 Å². The molecule has 1 fully saturated rings. The highest BCUT2D eigenvalue weighted by atomic mass is 16.5. The van der Waals surface area contributed by atoms with Gasteiger partial charge in [-0.15, -0.1) is 0 Å². The van der Waals surface area contributed by atoms with E-state index in [1.807, 2.05) is 0 Å². The molecule has 0 bridgehead atoms. The minimum Gasteiger partial charge on any atom is -0.376 e. The fourth-order valence-electron chi connectivity index (χ4n) is 2.94. The van der Waals surface area contributed by atoms with Gasteiger partial charge in [-0.3, -0.25) is 4.79 Å². The molecule has 1 aromatic heterocycles. The Morgan fingerprint density at radius 2 is 2.17 bits per heavy atom. The number of aromatic amines is 1. The maximum Gasteiger partial charge on any atom is 0.256 e. The van der Waals surface area contributed by atoms with Crippen molar-refractivity contribution in [2.45, 2.75) is 44.3 Å². The van der Waals surface area contributed by atoms with E-state index >= 15 is 0 Å². The van der Waals surface area contributed by atoms with Gasteiger partial charge in [-0.05, 0) is 25.7 Å². The van der Waals surface area contributed by atoms with E-state index in [2.05, 4.69) is 9.97 Å². The molecule has 1 saturated carbocycles. The van der Waals surface area contributed by atoms with Gasteiger partial charge in [-0.2, -0.15) is 0 Å². The first-order valence-electron chi connectivity index (χ1n) is 6.51. The molecule has 2 heterocycles. The summed E-state index contributed by atoms with van der Waals surface area (Å²) in [4.78, 5) is 19.6. The standard InChI is InChI=1S/C13H18N2O3/c1-17-13(5-2-3-6-13)12-14-10-4-7-18-8-9(10)11(16)15-12/h2-8H2,1H3,(H,14,15,16). The lowest BCUT2D eigenvalue weighted by Gasteiger charge is -2.27. The summed E-state index contributed by atoms with van der Waals surface area (Å²) in [5, 5.41) is 0. The third-order valence-corrected chi connectivity index (χ3v) is 4.06. The van der Waals surface area contributed by atoms with Crippen molar-refractivity contribution in [3.05, 3.63) is 27.4 Å². The lowest BCUT2D eigenvalue weighted by Crippen LogP contribution is -2.33. The molecule has 98 valence electrons. The van der Waals surface area contributed by atoms with Crippen molar-refractivity contribution in [3.63, 3.8) is 0 Å². The summed E-state index contributed by atoms with van der Waals surface area (Å²) in [7, 11) is 1.70. The fraction of sp³-hybridized carbons (Fsp3) is 0.692. The maximum atomic E-state index is 12.1. The predicted molar refractivity (Wildman–Crippen MR) is 65.4 cm³/mol. The van der Waals surface area contributed by atoms with E-state index in [9.17, 15) is 4.79 Å². The highest BCUT2D eigenvalue weighted by molar-refractivity contribution is 5.21. The number of H-pyrrole nitrogens is 1. The van der Waals surface area contributed by atoms with Gasteiger partial charge >= 0.3 is 0 Å². The summed E-state index contributed by atoms with van der Waals surface area (Å²) in [5.41, 5.74) is 1.10. The molecule has 0 amide bonds. The third-order valence-electron chi connectivity index (χ3n) is 4.06. The molecule has 0 unspecified atom stereocenters. The van der Waals surface area contributed by atoms with E-state index in [-0.39, 0.29) is 11.2 Å². The Labute approximate surface area is 106 Å². The van der Waals surface area contributed by atoms with Gasteiger partial charge < -0.3 is 14.5 Å². The highest BCUT2D eigenvalue weighted by Gasteiger charge is 2.38. The third kappa shape index (κ3) is 1.78. The first-order valence-corrected chi connectivity index (χ1v) is 6.51. The monoisotopic (exact) mass is 250 g/mol. The number of hydrogen-bond donors (Lipinski definition) is 1. The van der Waals surface area contributed by atoms with Gasteiger partial charge in [0.25, 0.3) is 5.56 Å². The molecule has 0 spiro atoms. The van der Waals surface area contributed by atoms with Crippen LogP contribution in [0, 0.1) is 0 Å². The Hall–Kier alpha value is -1.20. The average molecular weight is 250 g/mol. The summed E-state index contributed by atoms with van der Waals surface area (Å²) < 4.78 is 11.0.